The van der Waals surface area contributed by atoms with Crippen LogP contribution < -0.4 is 5.90 Å². The van der Waals surface area contributed by atoms with Crippen LogP contribution in [-0.4, -0.2) is 22.9 Å². The number of aliphatic hydroxyl groups excluding tert-OH is 1. The van der Waals surface area contributed by atoms with E-state index in [0.717, 1.165) is 32.1 Å². The summed E-state index contributed by atoms with van der Waals surface area (Å²) >= 11 is 0. The minimum absolute atomic E-state index is 0.0731. The third-order valence-electron chi connectivity index (χ3n) is 7.15. The lowest BCUT2D eigenvalue weighted by Gasteiger charge is -2.51. The van der Waals surface area contributed by atoms with Crippen molar-refractivity contribution in [3.63, 3.8) is 0 Å². The van der Waals surface area contributed by atoms with Gasteiger partial charge < -0.3 is 15.1 Å². The molecule has 3 aliphatic carbocycles. The van der Waals surface area contributed by atoms with Crippen molar-refractivity contribution in [3.8, 4) is 5.75 Å². The first-order chi connectivity index (χ1) is 11.0. The van der Waals surface area contributed by atoms with E-state index in [2.05, 4.69) is 13.0 Å². The van der Waals surface area contributed by atoms with E-state index >= 15 is 0 Å². The molecule has 4 N–H and O–H groups in total. The van der Waals surface area contributed by atoms with Gasteiger partial charge in [0.05, 0.1) is 12.7 Å². The second kappa shape index (κ2) is 5.47. The molecule has 0 amide bonds. The normalized spacial score (nSPS) is 42.0. The van der Waals surface area contributed by atoms with E-state index in [1.165, 1.54) is 11.1 Å². The van der Waals surface area contributed by atoms with Gasteiger partial charge in [0.2, 0.25) is 0 Å². The molecule has 4 rings (SSSR count). The zero-order chi connectivity index (χ0) is 16.2. The molecule has 4 heteroatoms. The maximum absolute atomic E-state index is 10.5. The van der Waals surface area contributed by atoms with Crippen molar-refractivity contribution < 1.29 is 15.1 Å². The van der Waals surface area contributed by atoms with Crippen LogP contribution in [0.4, 0.5) is 0 Å². The number of phenols is 1. The number of benzene rings is 1. The van der Waals surface area contributed by atoms with Crippen molar-refractivity contribution in [2.45, 2.75) is 57.0 Å². The van der Waals surface area contributed by atoms with Crippen molar-refractivity contribution in [2.24, 2.45) is 23.1 Å². The minimum atomic E-state index is -0.154. The van der Waals surface area contributed by atoms with Crippen LogP contribution >= 0.6 is 0 Å². The molecule has 6 atom stereocenters. The molecule has 126 valence electrons. The minimum Gasteiger partial charge on any atom is -0.508 e. The standard InChI is InChI=1S/C19H27NO3/c1-19-7-6-14-13-3-2-12(21)9-15(13)11(10-23-20)8-16(14)17(19)4-5-18(19)22/h2-3,9,11,14,16-18,21-22H,4-8,10,20H2,1H3/t11-,14-,16-,17+,18+,19+/m1/s1. The molecule has 23 heavy (non-hydrogen) atoms. The number of aliphatic hydroxyl groups is 1. The van der Waals surface area contributed by atoms with Gasteiger partial charge in [-0.1, -0.05) is 13.0 Å². The lowest BCUT2D eigenvalue weighted by molar-refractivity contribution is -0.0283. The first-order valence-electron chi connectivity index (χ1n) is 8.87. The van der Waals surface area contributed by atoms with Crippen molar-refractivity contribution in [1.82, 2.24) is 0 Å². The Morgan fingerprint density at radius 2 is 2.09 bits per heavy atom. The average Bonchev–Trinajstić information content (AvgIpc) is 2.83. The average molecular weight is 317 g/mol. The van der Waals surface area contributed by atoms with Gasteiger partial charge in [0, 0.05) is 5.92 Å². The molecule has 1 aromatic rings. The molecule has 0 spiro atoms. The van der Waals surface area contributed by atoms with Gasteiger partial charge in [-0.25, -0.2) is 5.90 Å². The molecular formula is C19H27NO3. The van der Waals surface area contributed by atoms with Gasteiger partial charge in [0.15, 0.2) is 0 Å². The number of aromatic hydroxyl groups is 1. The molecule has 3 aliphatic rings. The summed E-state index contributed by atoms with van der Waals surface area (Å²) in [5.74, 6) is 7.65. The van der Waals surface area contributed by atoms with Crippen LogP contribution in [0.15, 0.2) is 18.2 Å². The Labute approximate surface area is 137 Å². The number of hydrogen-bond donors (Lipinski definition) is 3. The van der Waals surface area contributed by atoms with Crippen LogP contribution in [0.25, 0.3) is 0 Å². The maximum atomic E-state index is 10.5. The van der Waals surface area contributed by atoms with Gasteiger partial charge in [-0.3, -0.25) is 0 Å². The molecule has 0 aromatic heterocycles. The third kappa shape index (κ3) is 2.23. The highest BCUT2D eigenvalue weighted by Gasteiger charge is 2.55. The van der Waals surface area contributed by atoms with Gasteiger partial charge in [-0.15, -0.1) is 0 Å². The molecule has 2 fully saturated rings. The van der Waals surface area contributed by atoms with E-state index in [4.69, 9.17) is 10.7 Å². The summed E-state index contributed by atoms with van der Waals surface area (Å²) in [5, 5.41) is 20.4. The van der Waals surface area contributed by atoms with Gasteiger partial charge in [-0.05, 0) is 78.5 Å². The predicted octanol–water partition coefficient (Wildman–Crippen LogP) is 3.04. The predicted molar refractivity (Wildman–Crippen MR) is 87.9 cm³/mol. The molecular weight excluding hydrogens is 290 g/mol. The Kier molecular flexibility index (Phi) is 3.67. The van der Waals surface area contributed by atoms with Crippen LogP contribution in [0.2, 0.25) is 0 Å². The lowest BCUT2D eigenvalue weighted by Crippen LogP contribution is -2.44. The number of phenolic OH excluding ortho intramolecular Hbond substituents is 1. The zero-order valence-electron chi connectivity index (χ0n) is 13.7. The van der Waals surface area contributed by atoms with E-state index in [1.54, 1.807) is 6.07 Å². The second-order valence-corrected chi connectivity index (χ2v) is 8.09. The monoisotopic (exact) mass is 317 g/mol. The first-order valence-corrected chi connectivity index (χ1v) is 8.87. The molecule has 1 aromatic carbocycles. The first kappa shape index (κ1) is 15.4. The third-order valence-corrected chi connectivity index (χ3v) is 7.15. The van der Waals surface area contributed by atoms with E-state index in [9.17, 15) is 10.2 Å². The highest BCUT2D eigenvalue weighted by atomic mass is 16.6. The number of nitrogens with two attached hydrogens (primary N) is 1. The number of rotatable bonds is 2. The summed E-state index contributed by atoms with van der Waals surface area (Å²) in [4.78, 5) is 4.98. The Morgan fingerprint density at radius 1 is 1.26 bits per heavy atom. The molecule has 0 radical (unpaired) electrons. The van der Waals surface area contributed by atoms with Crippen LogP contribution in [0.5, 0.6) is 5.75 Å². The summed E-state index contributed by atoms with van der Waals surface area (Å²) in [7, 11) is 0. The van der Waals surface area contributed by atoms with Crippen LogP contribution in [0.1, 0.15) is 62.0 Å². The fourth-order valence-electron chi connectivity index (χ4n) is 5.96. The second-order valence-electron chi connectivity index (χ2n) is 8.09. The van der Waals surface area contributed by atoms with Gasteiger partial charge in [-0.2, -0.15) is 0 Å². The van der Waals surface area contributed by atoms with Crippen LogP contribution in [0, 0.1) is 17.3 Å². The van der Waals surface area contributed by atoms with Gasteiger partial charge >= 0.3 is 0 Å². The molecule has 0 unspecified atom stereocenters. The van der Waals surface area contributed by atoms with Gasteiger partial charge in [0.1, 0.15) is 5.75 Å². The SMILES string of the molecule is C[C@]12CC[C@@H]3c4ccc(O)cc4[C@@H](CON)C[C@H]3[C@@H]1CC[C@@H]2O. The van der Waals surface area contributed by atoms with Crippen molar-refractivity contribution in [2.75, 3.05) is 6.61 Å². The van der Waals surface area contributed by atoms with Crippen molar-refractivity contribution in [3.05, 3.63) is 29.3 Å². The molecule has 2 saturated carbocycles. The Bertz CT molecular complexity index is 604. The van der Waals surface area contributed by atoms with Gasteiger partial charge in [0.25, 0.3) is 0 Å². The summed E-state index contributed by atoms with van der Waals surface area (Å²) in [6.45, 7) is 2.78. The summed E-state index contributed by atoms with van der Waals surface area (Å²) in [6, 6.07) is 5.80. The molecule has 0 aliphatic heterocycles. The molecule has 0 saturated heterocycles. The quantitative estimate of drug-likeness (QED) is 0.733. The smallest absolute Gasteiger partial charge is 0.115 e. The van der Waals surface area contributed by atoms with E-state index in [-0.39, 0.29) is 17.4 Å². The van der Waals surface area contributed by atoms with Crippen LogP contribution in [-0.2, 0) is 4.84 Å². The Hall–Kier alpha value is -1.10. The Morgan fingerprint density at radius 3 is 2.87 bits per heavy atom. The summed E-state index contributed by atoms with van der Waals surface area (Å²) in [6.07, 6.45) is 5.18. The maximum Gasteiger partial charge on any atom is 0.115 e. The van der Waals surface area contributed by atoms with E-state index in [0.29, 0.717) is 30.1 Å². The largest absolute Gasteiger partial charge is 0.508 e. The zero-order valence-corrected chi connectivity index (χ0v) is 13.7. The molecule has 0 heterocycles. The summed E-state index contributed by atoms with van der Waals surface area (Å²) < 4.78 is 0. The van der Waals surface area contributed by atoms with E-state index < -0.39 is 0 Å². The Balaban J connectivity index is 1.74. The van der Waals surface area contributed by atoms with E-state index in [1.807, 2.05) is 6.07 Å². The fourth-order valence-corrected chi connectivity index (χ4v) is 5.96. The lowest BCUT2D eigenvalue weighted by atomic mass is 9.54. The van der Waals surface area contributed by atoms with Crippen molar-refractivity contribution >= 4 is 0 Å². The molecule has 4 nitrogen and oxygen atoms in total. The topological polar surface area (TPSA) is 75.7 Å². The van der Waals surface area contributed by atoms with Crippen molar-refractivity contribution in [1.29, 1.82) is 0 Å². The number of fused-ring (bicyclic) bond motifs is 5. The fraction of sp³-hybridized carbons (Fsp3) is 0.684. The van der Waals surface area contributed by atoms with Crippen LogP contribution in [0.3, 0.4) is 0 Å². The molecule has 0 bridgehead atoms. The number of hydrogen-bond acceptors (Lipinski definition) is 4. The highest BCUT2D eigenvalue weighted by Crippen LogP contribution is 2.62. The summed E-state index contributed by atoms with van der Waals surface area (Å²) in [5.41, 5.74) is 2.65. The highest BCUT2D eigenvalue weighted by molar-refractivity contribution is 5.42.